The van der Waals surface area contributed by atoms with Gasteiger partial charge in [-0.05, 0) is 12.1 Å². The first-order valence-corrected chi connectivity index (χ1v) is 5.56. The number of guanidine groups is 1. The fraction of sp³-hybridized carbons (Fsp3) is 0.455. The van der Waals surface area contributed by atoms with Crippen molar-refractivity contribution in [3.63, 3.8) is 0 Å². The third kappa shape index (κ3) is 3.16. The van der Waals surface area contributed by atoms with E-state index in [4.69, 9.17) is 10.7 Å². The number of pyridine rings is 1. The van der Waals surface area contributed by atoms with Crippen LogP contribution in [0.5, 0.6) is 0 Å². The SMILES string of the molecule is CO[NH2+]c1ncccc1N(N)C(N(C)C)=[N+](C)C. The average Bonchev–Trinajstić information content (AvgIpc) is 2.29. The van der Waals surface area contributed by atoms with Crippen molar-refractivity contribution in [2.45, 2.75) is 0 Å². The van der Waals surface area contributed by atoms with Crippen LogP contribution < -0.4 is 16.3 Å². The predicted molar refractivity (Wildman–Crippen MR) is 70.3 cm³/mol. The summed E-state index contributed by atoms with van der Waals surface area (Å²) in [6.45, 7) is 0. The van der Waals surface area contributed by atoms with Crippen molar-refractivity contribution < 1.29 is 14.9 Å². The van der Waals surface area contributed by atoms with Gasteiger partial charge in [0, 0.05) is 6.20 Å². The molecule has 0 aliphatic rings. The Hall–Kier alpha value is -1.70. The highest BCUT2D eigenvalue weighted by molar-refractivity contribution is 5.92. The molecule has 0 aromatic carbocycles. The van der Waals surface area contributed by atoms with E-state index in [0.29, 0.717) is 5.82 Å². The van der Waals surface area contributed by atoms with Crippen LogP contribution in [-0.2, 0) is 4.84 Å². The summed E-state index contributed by atoms with van der Waals surface area (Å²) in [5, 5.41) is 1.58. The predicted octanol–water partition coefficient (Wildman–Crippen LogP) is -1.29. The lowest BCUT2D eigenvalue weighted by molar-refractivity contribution is -0.832. The van der Waals surface area contributed by atoms with E-state index in [9.17, 15) is 0 Å². The minimum atomic E-state index is 0.684. The molecule has 100 valence electrons. The summed E-state index contributed by atoms with van der Waals surface area (Å²) < 4.78 is 1.93. The van der Waals surface area contributed by atoms with Gasteiger partial charge in [0.2, 0.25) is 5.69 Å². The van der Waals surface area contributed by atoms with Crippen LogP contribution in [0.25, 0.3) is 0 Å². The van der Waals surface area contributed by atoms with Crippen LogP contribution in [0, 0.1) is 0 Å². The van der Waals surface area contributed by atoms with E-state index >= 15 is 0 Å². The van der Waals surface area contributed by atoms with Crippen molar-refractivity contribution >= 4 is 17.5 Å². The molecule has 0 amide bonds. The molecule has 0 aliphatic heterocycles. The lowest BCUT2D eigenvalue weighted by atomic mass is 10.4. The molecule has 0 saturated carbocycles. The summed E-state index contributed by atoms with van der Waals surface area (Å²) >= 11 is 0. The first-order chi connectivity index (χ1) is 8.49. The normalized spacial score (nSPS) is 10.1. The van der Waals surface area contributed by atoms with Crippen LogP contribution in [0.15, 0.2) is 18.3 Å². The van der Waals surface area contributed by atoms with Gasteiger partial charge in [-0.25, -0.2) is 4.84 Å². The number of aromatic nitrogens is 1. The second-order valence-electron chi connectivity index (χ2n) is 4.22. The van der Waals surface area contributed by atoms with Crippen LogP contribution in [0.2, 0.25) is 0 Å². The molecular formula is C11H22N6O+2. The van der Waals surface area contributed by atoms with Gasteiger partial charge in [0.25, 0.3) is 5.82 Å². The standard InChI is InChI=1S/C11H21N6O/c1-15(2)11(16(3)4)17(12)9-7-6-8-13-10(9)14-18-5/h6-8H,12H2,1-5H3,(H,13,14)/q+1/p+1. The van der Waals surface area contributed by atoms with Crippen LogP contribution in [0.3, 0.4) is 0 Å². The minimum Gasteiger partial charge on any atom is -0.268 e. The zero-order valence-electron chi connectivity index (χ0n) is 11.6. The lowest BCUT2D eigenvalue weighted by Crippen LogP contribution is -2.77. The van der Waals surface area contributed by atoms with Gasteiger partial charge >= 0.3 is 5.96 Å². The van der Waals surface area contributed by atoms with E-state index in [2.05, 4.69) is 4.98 Å². The Morgan fingerprint density at radius 1 is 1.44 bits per heavy atom. The molecule has 7 nitrogen and oxygen atoms in total. The quantitative estimate of drug-likeness (QED) is 0.231. The maximum Gasteiger partial charge on any atom is 0.372 e. The van der Waals surface area contributed by atoms with Crippen LogP contribution in [-0.4, -0.2) is 55.7 Å². The Kier molecular flexibility index (Phi) is 5.02. The molecule has 4 N–H and O–H groups in total. The number of nitrogens with two attached hydrogens (primary N) is 2. The molecule has 0 radical (unpaired) electrons. The maximum absolute atomic E-state index is 6.17. The lowest BCUT2D eigenvalue weighted by Gasteiger charge is -2.20. The van der Waals surface area contributed by atoms with E-state index in [0.717, 1.165) is 11.6 Å². The summed E-state index contributed by atoms with van der Waals surface area (Å²) in [6, 6.07) is 3.73. The Balaban J connectivity index is 3.17. The van der Waals surface area contributed by atoms with Crippen LogP contribution >= 0.6 is 0 Å². The van der Waals surface area contributed by atoms with Gasteiger partial charge in [-0.15, -0.1) is 5.01 Å². The second-order valence-corrected chi connectivity index (χ2v) is 4.22. The van der Waals surface area contributed by atoms with Gasteiger partial charge < -0.3 is 0 Å². The number of quaternary nitrogens is 1. The number of hydrogen-bond donors (Lipinski definition) is 2. The molecule has 0 fully saturated rings. The molecular weight excluding hydrogens is 232 g/mol. The summed E-state index contributed by atoms with van der Waals surface area (Å²) in [6.07, 6.45) is 1.70. The Bertz CT molecular complexity index is 427. The molecule has 0 saturated heterocycles. The number of rotatable bonds is 3. The highest BCUT2D eigenvalue weighted by atomic mass is 16.6. The fourth-order valence-corrected chi connectivity index (χ4v) is 1.75. The zero-order chi connectivity index (χ0) is 13.7. The summed E-state index contributed by atoms with van der Waals surface area (Å²) in [4.78, 5) is 11.2. The topological polar surface area (TPSA) is 74.2 Å². The largest absolute Gasteiger partial charge is 0.372 e. The molecule has 1 aromatic rings. The van der Waals surface area contributed by atoms with Crippen molar-refractivity contribution in [1.29, 1.82) is 0 Å². The molecule has 1 heterocycles. The first kappa shape index (κ1) is 14.4. The van der Waals surface area contributed by atoms with Crippen molar-refractivity contribution in [2.24, 2.45) is 5.84 Å². The molecule has 0 bridgehead atoms. The van der Waals surface area contributed by atoms with Gasteiger partial charge in [0.1, 0.15) is 0 Å². The summed E-state index contributed by atoms with van der Waals surface area (Å²) in [7, 11) is 9.33. The van der Waals surface area contributed by atoms with E-state index in [1.807, 2.05) is 49.8 Å². The summed E-state index contributed by atoms with van der Waals surface area (Å²) in [5.74, 6) is 7.70. The molecule has 0 spiro atoms. The Labute approximate surface area is 107 Å². The second kappa shape index (κ2) is 6.29. The zero-order valence-corrected chi connectivity index (χ0v) is 11.6. The van der Waals surface area contributed by atoms with Crippen molar-refractivity contribution in [2.75, 3.05) is 40.3 Å². The smallest absolute Gasteiger partial charge is 0.268 e. The van der Waals surface area contributed by atoms with Gasteiger partial charge in [0.15, 0.2) is 0 Å². The van der Waals surface area contributed by atoms with Gasteiger partial charge in [-0.2, -0.15) is 16.3 Å². The van der Waals surface area contributed by atoms with Crippen molar-refractivity contribution in [3.8, 4) is 0 Å². The molecule has 1 rings (SSSR count). The van der Waals surface area contributed by atoms with E-state index in [-0.39, 0.29) is 0 Å². The number of hydrazine groups is 1. The number of nitrogens with zero attached hydrogens (tertiary/aromatic N) is 4. The molecule has 0 unspecified atom stereocenters. The van der Waals surface area contributed by atoms with E-state index < -0.39 is 0 Å². The highest BCUT2D eigenvalue weighted by Gasteiger charge is 2.26. The third-order valence-electron chi connectivity index (χ3n) is 2.32. The van der Waals surface area contributed by atoms with Gasteiger partial charge in [-0.1, -0.05) is 0 Å². The van der Waals surface area contributed by atoms with E-state index in [1.165, 1.54) is 0 Å². The Morgan fingerprint density at radius 2 is 2.11 bits per heavy atom. The van der Waals surface area contributed by atoms with Crippen molar-refractivity contribution in [1.82, 2.24) is 9.88 Å². The summed E-state index contributed by atoms with van der Waals surface area (Å²) in [5.41, 5.74) is 2.34. The number of anilines is 1. The van der Waals surface area contributed by atoms with Crippen molar-refractivity contribution in [3.05, 3.63) is 18.3 Å². The van der Waals surface area contributed by atoms with Gasteiger partial charge in [0.05, 0.1) is 35.3 Å². The van der Waals surface area contributed by atoms with Crippen LogP contribution in [0.4, 0.5) is 11.5 Å². The molecule has 0 atom stereocenters. The molecule has 0 aliphatic carbocycles. The van der Waals surface area contributed by atoms with Gasteiger partial charge in [-0.3, -0.25) is 9.48 Å². The minimum absolute atomic E-state index is 0.684. The maximum atomic E-state index is 6.17. The van der Waals surface area contributed by atoms with Crippen LogP contribution in [0.1, 0.15) is 0 Å². The molecule has 1 aromatic heterocycles. The average molecular weight is 254 g/mol. The highest BCUT2D eigenvalue weighted by Crippen LogP contribution is 2.16. The molecule has 18 heavy (non-hydrogen) atoms. The molecule has 7 heteroatoms. The first-order valence-electron chi connectivity index (χ1n) is 5.56. The Morgan fingerprint density at radius 3 is 2.61 bits per heavy atom. The monoisotopic (exact) mass is 254 g/mol. The fourth-order valence-electron chi connectivity index (χ4n) is 1.75. The number of hydrogen-bond acceptors (Lipinski definition) is 3. The third-order valence-corrected chi connectivity index (χ3v) is 2.32. The van der Waals surface area contributed by atoms with E-state index in [1.54, 1.807) is 23.8 Å².